The molecule has 1 amide bonds. The van der Waals surface area contributed by atoms with Crippen LogP contribution < -0.4 is 15.2 Å². The number of nitro groups is 1. The fraction of sp³-hybridized carbons (Fsp3) is 0.300. The third-order valence-corrected chi connectivity index (χ3v) is 4.62. The first-order valence-electron chi connectivity index (χ1n) is 9.51. The smallest absolute Gasteiger partial charge is 0.278 e. The van der Waals surface area contributed by atoms with Gasteiger partial charge < -0.3 is 15.2 Å². The second-order valence-electron chi connectivity index (χ2n) is 6.71. The molecule has 0 saturated heterocycles. The SMILES string of the molecule is COc1cc(C(C)n2cc(-c3ccccn3)nn2)c([N+](=O)[O-])cc1OCCCC(N)=O. The Hall–Kier alpha value is -4.02. The first kappa shape index (κ1) is 21.7. The van der Waals surface area contributed by atoms with E-state index in [0.29, 0.717) is 29.1 Å². The number of benzene rings is 1. The van der Waals surface area contributed by atoms with E-state index in [-0.39, 0.29) is 24.5 Å². The Morgan fingerprint density at radius 1 is 1.29 bits per heavy atom. The number of pyridine rings is 1. The molecule has 0 saturated carbocycles. The number of ether oxygens (including phenoxy) is 2. The van der Waals surface area contributed by atoms with Crippen molar-refractivity contribution >= 4 is 11.6 Å². The van der Waals surface area contributed by atoms with Crippen molar-refractivity contribution < 1.29 is 19.2 Å². The second-order valence-corrected chi connectivity index (χ2v) is 6.71. The molecule has 1 aromatic carbocycles. The zero-order valence-electron chi connectivity index (χ0n) is 17.1. The molecule has 2 N–H and O–H groups in total. The Labute approximate surface area is 177 Å². The molecule has 0 bridgehead atoms. The molecule has 2 aromatic heterocycles. The number of nitrogens with zero attached hydrogens (tertiary/aromatic N) is 5. The van der Waals surface area contributed by atoms with Crippen molar-refractivity contribution in [2.24, 2.45) is 5.73 Å². The van der Waals surface area contributed by atoms with Gasteiger partial charge in [0, 0.05) is 12.6 Å². The van der Waals surface area contributed by atoms with E-state index in [0.717, 1.165) is 0 Å². The average molecular weight is 426 g/mol. The van der Waals surface area contributed by atoms with Crippen molar-refractivity contribution in [3.8, 4) is 22.9 Å². The molecule has 1 atom stereocenters. The fourth-order valence-corrected chi connectivity index (χ4v) is 3.00. The molecule has 3 rings (SSSR count). The first-order valence-corrected chi connectivity index (χ1v) is 9.51. The van der Waals surface area contributed by atoms with Gasteiger partial charge in [0.25, 0.3) is 5.69 Å². The molecule has 0 aliphatic carbocycles. The van der Waals surface area contributed by atoms with Crippen molar-refractivity contribution in [1.29, 1.82) is 0 Å². The zero-order valence-corrected chi connectivity index (χ0v) is 17.1. The minimum Gasteiger partial charge on any atom is -0.493 e. The average Bonchev–Trinajstić information content (AvgIpc) is 3.26. The molecule has 2 heterocycles. The highest BCUT2D eigenvalue weighted by atomic mass is 16.6. The molecule has 0 fully saturated rings. The van der Waals surface area contributed by atoms with E-state index in [1.54, 1.807) is 37.5 Å². The van der Waals surface area contributed by atoms with Gasteiger partial charge in [0.2, 0.25) is 5.91 Å². The lowest BCUT2D eigenvalue weighted by molar-refractivity contribution is -0.385. The van der Waals surface area contributed by atoms with Crippen molar-refractivity contribution in [2.75, 3.05) is 13.7 Å². The van der Waals surface area contributed by atoms with Crippen molar-refractivity contribution in [1.82, 2.24) is 20.0 Å². The number of methoxy groups -OCH3 is 1. The van der Waals surface area contributed by atoms with Gasteiger partial charge in [0.15, 0.2) is 11.5 Å². The molecular weight excluding hydrogens is 404 g/mol. The summed E-state index contributed by atoms with van der Waals surface area (Å²) in [4.78, 5) is 26.4. The van der Waals surface area contributed by atoms with Crippen LogP contribution in [-0.2, 0) is 4.79 Å². The number of nitro benzene ring substituents is 1. The number of rotatable bonds is 10. The molecule has 0 aliphatic rings. The highest BCUT2D eigenvalue weighted by Crippen LogP contribution is 2.38. The zero-order chi connectivity index (χ0) is 22.4. The summed E-state index contributed by atoms with van der Waals surface area (Å²) in [5, 5.41) is 20.0. The monoisotopic (exact) mass is 426 g/mol. The van der Waals surface area contributed by atoms with Crippen LogP contribution in [0.2, 0.25) is 0 Å². The standard InChI is InChI=1S/C20H22N6O5/c1-13(25-12-16(23-24-25)15-6-3-4-8-22-15)14-10-18(30-2)19(11-17(14)26(28)29)31-9-5-7-20(21)27/h3-4,6,8,10-13H,5,7,9H2,1-2H3,(H2,21,27). The third-order valence-electron chi connectivity index (χ3n) is 4.62. The number of carbonyl (C=O) groups is 1. The number of hydrogen-bond acceptors (Lipinski definition) is 8. The van der Waals surface area contributed by atoms with Crippen LogP contribution in [0.1, 0.15) is 31.4 Å². The highest BCUT2D eigenvalue weighted by Gasteiger charge is 2.25. The van der Waals surface area contributed by atoms with Crippen molar-refractivity contribution in [3.05, 3.63) is 58.4 Å². The molecule has 3 aromatic rings. The van der Waals surface area contributed by atoms with Gasteiger partial charge in [-0.1, -0.05) is 11.3 Å². The number of primary amides is 1. The van der Waals surface area contributed by atoms with E-state index >= 15 is 0 Å². The topological polar surface area (TPSA) is 148 Å². The second kappa shape index (κ2) is 9.65. The van der Waals surface area contributed by atoms with Gasteiger partial charge in [-0.05, 0) is 31.5 Å². The normalized spacial score (nSPS) is 11.7. The van der Waals surface area contributed by atoms with E-state index in [4.69, 9.17) is 15.2 Å². The van der Waals surface area contributed by atoms with Gasteiger partial charge in [-0.3, -0.25) is 19.9 Å². The van der Waals surface area contributed by atoms with Gasteiger partial charge in [-0.25, -0.2) is 4.68 Å². The number of nitrogens with two attached hydrogens (primary N) is 1. The van der Waals surface area contributed by atoms with Crippen molar-refractivity contribution in [2.45, 2.75) is 25.8 Å². The highest BCUT2D eigenvalue weighted by molar-refractivity contribution is 5.73. The summed E-state index contributed by atoms with van der Waals surface area (Å²) >= 11 is 0. The Morgan fingerprint density at radius 3 is 2.74 bits per heavy atom. The summed E-state index contributed by atoms with van der Waals surface area (Å²) in [5.74, 6) is 0.0996. The minimum atomic E-state index is -0.511. The predicted octanol–water partition coefficient (Wildman–Crippen LogP) is 2.51. The Morgan fingerprint density at radius 2 is 2.10 bits per heavy atom. The van der Waals surface area contributed by atoms with Gasteiger partial charge in [0.1, 0.15) is 5.69 Å². The summed E-state index contributed by atoms with van der Waals surface area (Å²) in [6.07, 6.45) is 3.87. The third kappa shape index (κ3) is 5.13. The first-order chi connectivity index (χ1) is 14.9. The summed E-state index contributed by atoms with van der Waals surface area (Å²) in [7, 11) is 1.44. The maximum Gasteiger partial charge on any atom is 0.278 e. The van der Waals surface area contributed by atoms with Crippen LogP contribution >= 0.6 is 0 Å². The largest absolute Gasteiger partial charge is 0.493 e. The molecule has 0 spiro atoms. The molecule has 11 nitrogen and oxygen atoms in total. The molecule has 0 aliphatic heterocycles. The number of aromatic nitrogens is 4. The fourth-order valence-electron chi connectivity index (χ4n) is 3.00. The van der Waals surface area contributed by atoms with Crippen LogP contribution in [0.4, 0.5) is 5.69 Å². The van der Waals surface area contributed by atoms with E-state index in [2.05, 4.69) is 15.3 Å². The molecule has 1 unspecified atom stereocenters. The molecule has 162 valence electrons. The summed E-state index contributed by atoms with van der Waals surface area (Å²) in [6, 6.07) is 7.78. The number of carbonyl (C=O) groups excluding carboxylic acids is 1. The van der Waals surface area contributed by atoms with Crippen LogP contribution in [-0.4, -0.2) is 44.5 Å². The maximum atomic E-state index is 11.7. The maximum absolute atomic E-state index is 11.7. The van der Waals surface area contributed by atoms with Crippen LogP contribution in [0.3, 0.4) is 0 Å². The molecule has 31 heavy (non-hydrogen) atoms. The summed E-state index contributed by atoms with van der Waals surface area (Å²) in [5.41, 5.74) is 6.54. The number of amides is 1. The Kier molecular flexibility index (Phi) is 6.75. The lowest BCUT2D eigenvalue weighted by atomic mass is 10.0. The molecule has 11 heteroatoms. The van der Waals surface area contributed by atoms with Crippen molar-refractivity contribution in [3.63, 3.8) is 0 Å². The quantitative estimate of drug-likeness (QED) is 0.295. The summed E-state index contributed by atoms with van der Waals surface area (Å²) < 4.78 is 12.5. The van der Waals surface area contributed by atoms with Crippen LogP contribution in [0.5, 0.6) is 11.5 Å². The van der Waals surface area contributed by atoms with Crippen LogP contribution in [0.15, 0.2) is 42.7 Å². The van der Waals surface area contributed by atoms with E-state index < -0.39 is 16.9 Å². The van der Waals surface area contributed by atoms with Crippen LogP contribution in [0.25, 0.3) is 11.4 Å². The lowest BCUT2D eigenvalue weighted by Crippen LogP contribution is -2.13. The van der Waals surface area contributed by atoms with E-state index in [1.165, 1.54) is 17.9 Å². The van der Waals surface area contributed by atoms with Gasteiger partial charge in [-0.15, -0.1) is 5.10 Å². The Balaban J connectivity index is 1.90. The van der Waals surface area contributed by atoms with Gasteiger partial charge in [-0.2, -0.15) is 0 Å². The molecular formula is C20H22N6O5. The molecule has 0 radical (unpaired) electrons. The number of hydrogen-bond donors (Lipinski definition) is 1. The van der Waals surface area contributed by atoms with Crippen LogP contribution in [0, 0.1) is 10.1 Å². The summed E-state index contributed by atoms with van der Waals surface area (Å²) in [6.45, 7) is 1.94. The van der Waals surface area contributed by atoms with Gasteiger partial charge >= 0.3 is 0 Å². The lowest BCUT2D eigenvalue weighted by Gasteiger charge is -2.16. The van der Waals surface area contributed by atoms with Gasteiger partial charge in [0.05, 0.1) is 48.2 Å². The van der Waals surface area contributed by atoms with E-state index in [1.807, 2.05) is 6.07 Å². The van der Waals surface area contributed by atoms with E-state index in [9.17, 15) is 14.9 Å². The predicted molar refractivity (Wildman–Crippen MR) is 111 cm³/mol. The Bertz CT molecular complexity index is 1070. The minimum absolute atomic E-state index is 0.145.